The third-order valence-corrected chi connectivity index (χ3v) is 5.52. The van der Waals surface area contributed by atoms with Gasteiger partial charge < -0.3 is 5.32 Å². The van der Waals surface area contributed by atoms with Gasteiger partial charge in [-0.3, -0.25) is 19.7 Å². The smallest absolute Gasteiger partial charge is 0.291 e. The average molecular weight is 373 g/mol. The zero-order valence-corrected chi connectivity index (χ0v) is 15.1. The highest BCUT2D eigenvalue weighted by atomic mass is 16.2. The number of hydrogen-bond donors (Lipinski definition) is 2. The molecule has 7 nitrogen and oxygen atoms in total. The Morgan fingerprint density at radius 2 is 2.04 bits per heavy atom. The molecular formula is C21H19N5O2. The number of Topliss-reactive ketones (excluding diaryl/α,β-unsaturated/α-hetero) is 1. The topological polar surface area (TPSA) is 101 Å². The van der Waals surface area contributed by atoms with Crippen LogP contribution in [-0.4, -0.2) is 37.9 Å². The van der Waals surface area contributed by atoms with Crippen molar-refractivity contribution in [2.24, 2.45) is 5.92 Å². The van der Waals surface area contributed by atoms with Crippen molar-refractivity contribution >= 4 is 11.7 Å². The number of pyridine rings is 1. The first-order valence-electron chi connectivity index (χ1n) is 9.41. The predicted molar refractivity (Wildman–Crippen MR) is 101 cm³/mol. The molecule has 2 aliphatic carbocycles. The quantitative estimate of drug-likeness (QED) is 0.726. The third-order valence-electron chi connectivity index (χ3n) is 5.52. The van der Waals surface area contributed by atoms with Gasteiger partial charge in [-0.25, -0.2) is 4.98 Å². The van der Waals surface area contributed by atoms with Crippen LogP contribution in [0.15, 0.2) is 48.7 Å². The van der Waals surface area contributed by atoms with Crippen molar-refractivity contribution in [2.75, 3.05) is 0 Å². The molecule has 0 radical (unpaired) electrons. The van der Waals surface area contributed by atoms with Gasteiger partial charge in [-0.05, 0) is 35.4 Å². The Balaban J connectivity index is 1.29. The van der Waals surface area contributed by atoms with Crippen LogP contribution < -0.4 is 5.32 Å². The molecule has 3 atom stereocenters. The number of nitrogens with one attached hydrogen (secondary N) is 2. The van der Waals surface area contributed by atoms with Gasteiger partial charge in [0.15, 0.2) is 5.78 Å². The predicted octanol–water partition coefficient (Wildman–Crippen LogP) is 1.82. The van der Waals surface area contributed by atoms with Crippen molar-refractivity contribution in [1.82, 2.24) is 25.5 Å². The Labute approximate surface area is 161 Å². The van der Waals surface area contributed by atoms with Crippen molar-refractivity contribution < 1.29 is 9.59 Å². The molecule has 5 rings (SSSR count). The van der Waals surface area contributed by atoms with E-state index in [1.165, 1.54) is 0 Å². The monoisotopic (exact) mass is 373 g/mol. The number of ketones is 1. The maximum absolute atomic E-state index is 12.7. The number of amides is 1. The molecule has 2 heterocycles. The number of rotatable bonds is 4. The van der Waals surface area contributed by atoms with E-state index in [0.29, 0.717) is 18.2 Å². The summed E-state index contributed by atoms with van der Waals surface area (Å²) in [7, 11) is 0. The lowest BCUT2D eigenvalue weighted by atomic mass is 10.1. The fourth-order valence-electron chi connectivity index (χ4n) is 4.05. The molecule has 1 amide bonds. The molecule has 2 N–H and O–H groups in total. The number of fused-ring (bicyclic) bond motifs is 3. The van der Waals surface area contributed by atoms with Gasteiger partial charge in [0.2, 0.25) is 5.82 Å². The van der Waals surface area contributed by atoms with Crippen LogP contribution in [-0.2, 0) is 17.6 Å². The van der Waals surface area contributed by atoms with Gasteiger partial charge in [0.25, 0.3) is 5.91 Å². The second kappa shape index (κ2) is 6.67. The van der Waals surface area contributed by atoms with E-state index >= 15 is 0 Å². The fraction of sp³-hybridized carbons (Fsp3) is 0.286. The number of H-pyrrole nitrogens is 1. The highest BCUT2D eigenvalue weighted by Gasteiger charge is 2.50. The Hall–Kier alpha value is -3.35. The summed E-state index contributed by atoms with van der Waals surface area (Å²) in [6, 6.07) is 13.3. The Bertz CT molecular complexity index is 1050. The van der Waals surface area contributed by atoms with E-state index in [1.807, 2.05) is 42.5 Å². The molecule has 1 saturated carbocycles. The SMILES string of the molecule is O=C(N[C@@H]1C(=O)Cc2ncccc2[C@@H]2C[C@H]12)c1n[nH]c(Cc2ccccc2)n1. The molecule has 140 valence electrons. The number of carbonyl (C=O) groups excluding carboxylic acids is 2. The van der Waals surface area contributed by atoms with E-state index in [1.54, 1.807) is 6.20 Å². The van der Waals surface area contributed by atoms with Crippen LogP contribution in [0.25, 0.3) is 0 Å². The molecular weight excluding hydrogens is 354 g/mol. The van der Waals surface area contributed by atoms with Crippen molar-refractivity contribution in [3.05, 3.63) is 77.1 Å². The van der Waals surface area contributed by atoms with Gasteiger partial charge in [0.05, 0.1) is 18.2 Å². The van der Waals surface area contributed by atoms with E-state index < -0.39 is 11.9 Å². The van der Waals surface area contributed by atoms with Crippen molar-refractivity contribution in [3.63, 3.8) is 0 Å². The van der Waals surface area contributed by atoms with Crippen LogP contribution in [0.4, 0.5) is 0 Å². The Kier molecular flexibility index (Phi) is 4.00. The first-order chi connectivity index (χ1) is 13.7. The maximum atomic E-state index is 12.7. The summed E-state index contributed by atoms with van der Waals surface area (Å²) in [5.74, 6) is 0.683. The summed E-state index contributed by atoms with van der Waals surface area (Å²) in [5, 5.41) is 9.71. The normalized spacial score (nSPS) is 22.7. The van der Waals surface area contributed by atoms with E-state index in [9.17, 15) is 9.59 Å². The second-order valence-electron chi connectivity index (χ2n) is 7.41. The minimum atomic E-state index is -0.511. The van der Waals surface area contributed by atoms with Gasteiger partial charge in [0, 0.05) is 12.6 Å². The average Bonchev–Trinajstić information content (AvgIpc) is 3.37. The van der Waals surface area contributed by atoms with E-state index in [-0.39, 0.29) is 23.9 Å². The van der Waals surface area contributed by atoms with Crippen LogP contribution in [0, 0.1) is 5.92 Å². The van der Waals surface area contributed by atoms with Crippen LogP contribution >= 0.6 is 0 Å². The summed E-state index contributed by atoms with van der Waals surface area (Å²) in [6.07, 6.45) is 3.42. The Morgan fingerprint density at radius 1 is 1.18 bits per heavy atom. The molecule has 0 aliphatic heterocycles. The number of nitrogens with zero attached hydrogens (tertiary/aromatic N) is 3. The molecule has 0 saturated heterocycles. The highest BCUT2D eigenvalue weighted by Crippen LogP contribution is 2.52. The standard InChI is InChI=1S/C21H19N5O2/c27-17-11-16-13(7-4-8-22-16)14-10-15(14)19(17)24-21(28)20-23-18(25-26-20)9-12-5-2-1-3-6-12/h1-8,14-15,19H,9-11H2,(H,24,28)(H,23,25,26)/t14-,15-,19-/m0/s1. The molecule has 1 fully saturated rings. The van der Waals surface area contributed by atoms with E-state index in [4.69, 9.17) is 0 Å². The third kappa shape index (κ3) is 3.09. The number of aromatic nitrogens is 4. The minimum Gasteiger partial charge on any atom is -0.339 e. The maximum Gasteiger partial charge on any atom is 0.291 e. The first-order valence-corrected chi connectivity index (χ1v) is 9.41. The molecule has 2 aromatic heterocycles. The summed E-state index contributed by atoms with van der Waals surface area (Å²) < 4.78 is 0. The summed E-state index contributed by atoms with van der Waals surface area (Å²) in [6.45, 7) is 0. The lowest BCUT2D eigenvalue weighted by Crippen LogP contribution is -2.43. The van der Waals surface area contributed by atoms with Crippen molar-refractivity contribution in [2.45, 2.75) is 31.2 Å². The molecule has 3 aromatic rings. The molecule has 0 unspecified atom stereocenters. The van der Waals surface area contributed by atoms with Gasteiger partial charge in [-0.15, -0.1) is 5.10 Å². The van der Waals surface area contributed by atoms with E-state index in [0.717, 1.165) is 23.2 Å². The summed E-state index contributed by atoms with van der Waals surface area (Å²) in [5.41, 5.74) is 3.05. The number of benzene rings is 1. The number of hydrogen-bond acceptors (Lipinski definition) is 5. The van der Waals surface area contributed by atoms with Crippen molar-refractivity contribution in [3.8, 4) is 0 Å². The van der Waals surface area contributed by atoms with Gasteiger partial charge >= 0.3 is 0 Å². The second-order valence-corrected chi connectivity index (χ2v) is 7.41. The molecule has 7 heteroatoms. The molecule has 1 aromatic carbocycles. The zero-order valence-electron chi connectivity index (χ0n) is 15.1. The van der Waals surface area contributed by atoms with E-state index in [2.05, 4.69) is 25.5 Å². The summed E-state index contributed by atoms with van der Waals surface area (Å²) >= 11 is 0. The molecule has 2 aliphatic rings. The van der Waals surface area contributed by atoms with Gasteiger partial charge in [-0.2, -0.15) is 0 Å². The zero-order chi connectivity index (χ0) is 19.1. The highest BCUT2D eigenvalue weighted by molar-refractivity contribution is 5.96. The Morgan fingerprint density at radius 3 is 2.89 bits per heavy atom. The largest absolute Gasteiger partial charge is 0.339 e. The van der Waals surface area contributed by atoms with Gasteiger partial charge in [-0.1, -0.05) is 36.4 Å². The lowest BCUT2D eigenvalue weighted by Gasteiger charge is -2.14. The number of carbonyl (C=O) groups is 2. The summed E-state index contributed by atoms with van der Waals surface area (Å²) in [4.78, 5) is 34.0. The van der Waals surface area contributed by atoms with Crippen LogP contribution in [0.1, 0.15) is 45.6 Å². The number of aromatic amines is 1. The molecule has 0 bridgehead atoms. The first kappa shape index (κ1) is 16.8. The van der Waals surface area contributed by atoms with Crippen LogP contribution in [0.3, 0.4) is 0 Å². The van der Waals surface area contributed by atoms with Gasteiger partial charge in [0.1, 0.15) is 5.82 Å². The fourth-order valence-corrected chi connectivity index (χ4v) is 4.05. The van der Waals surface area contributed by atoms with Crippen LogP contribution in [0.2, 0.25) is 0 Å². The molecule has 0 spiro atoms. The molecule has 28 heavy (non-hydrogen) atoms. The van der Waals surface area contributed by atoms with Crippen LogP contribution in [0.5, 0.6) is 0 Å². The van der Waals surface area contributed by atoms with Crippen molar-refractivity contribution in [1.29, 1.82) is 0 Å². The minimum absolute atomic E-state index is 0.00153. The lowest BCUT2D eigenvalue weighted by molar-refractivity contribution is -0.120.